The summed E-state index contributed by atoms with van der Waals surface area (Å²) in [6, 6.07) is 0. The lowest BCUT2D eigenvalue weighted by molar-refractivity contribution is -0.167. The van der Waals surface area contributed by atoms with Crippen molar-refractivity contribution in [3.05, 3.63) is 36.5 Å². The first kappa shape index (κ1) is 76.6. The Bertz CT molecular complexity index is 1320. The maximum absolute atomic E-state index is 12.9. The lowest BCUT2D eigenvalue weighted by Gasteiger charge is -2.18. The van der Waals surface area contributed by atoms with Crippen molar-refractivity contribution in [1.29, 1.82) is 0 Å². The van der Waals surface area contributed by atoms with Crippen molar-refractivity contribution in [3.63, 3.8) is 0 Å². The summed E-state index contributed by atoms with van der Waals surface area (Å²) in [5.74, 6) is -0.869. The van der Waals surface area contributed by atoms with Crippen LogP contribution in [0.1, 0.15) is 393 Å². The summed E-state index contributed by atoms with van der Waals surface area (Å²) in [5.41, 5.74) is 0. The Balaban J connectivity index is 4.05. The average molecular weight is 1110 g/mol. The largest absolute Gasteiger partial charge is 0.462 e. The van der Waals surface area contributed by atoms with E-state index in [0.717, 1.165) is 77.0 Å². The molecule has 0 rings (SSSR count). The number of rotatable bonds is 66. The van der Waals surface area contributed by atoms with E-state index in [0.29, 0.717) is 19.3 Å². The minimum absolute atomic E-state index is 0.0741. The van der Waals surface area contributed by atoms with Crippen LogP contribution in [0.2, 0.25) is 0 Å². The quantitative estimate of drug-likeness (QED) is 0.0261. The molecule has 6 nitrogen and oxygen atoms in total. The van der Waals surface area contributed by atoms with E-state index in [9.17, 15) is 14.4 Å². The van der Waals surface area contributed by atoms with Crippen LogP contribution in [0.15, 0.2) is 36.5 Å². The second-order valence-corrected chi connectivity index (χ2v) is 24.1. The summed E-state index contributed by atoms with van der Waals surface area (Å²) >= 11 is 0. The molecule has 0 aliphatic carbocycles. The maximum atomic E-state index is 12.9. The Morgan fingerprint density at radius 1 is 0.253 bits per heavy atom. The fourth-order valence-corrected chi connectivity index (χ4v) is 10.8. The van der Waals surface area contributed by atoms with Crippen LogP contribution < -0.4 is 0 Å². The van der Waals surface area contributed by atoms with Crippen LogP contribution >= 0.6 is 0 Å². The fraction of sp³-hybridized carbons (Fsp3) is 0.877. The second-order valence-electron chi connectivity index (χ2n) is 24.1. The number of carbonyl (C=O) groups is 3. The summed E-state index contributed by atoms with van der Waals surface area (Å²) < 4.78 is 16.9. The van der Waals surface area contributed by atoms with E-state index in [1.807, 2.05) is 0 Å². The Morgan fingerprint density at radius 2 is 0.468 bits per heavy atom. The molecule has 0 heterocycles. The van der Waals surface area contributed by atoms with Gasteiger partial charge in [-0.1, -0.05) is 340 Å². The van der Waals surface area contributed by atoms with Crippen molar-refractivity contribution in [1.82, 2.24) is 0 Å². The van der Waals surface area contributed by atoms with Crippen LogP contribution in [0.4, 0.5) is 0 Å². The zero-order valence-corrected chi connectivity index (χ0v) is 53.4. The smallest absolute Gasteiger partial charge is 0.306 e. The Labute approximate surface area is 493 Å². The monoisotopic (exact) mass is 1110 g/mol. The third-order valence-electron chi connectivity index (χ3n) is 16.1. The van der Waals surface area contributed by atoms with E-state index in [2.05, 4.69) is 57.2 Å². The molecule has 0 aromatic carbocycles. The minimum Gasteiger partial charge on any atom is -0.462 e. The average Bonchev–Trinajstić information content (AvgIpc) is 3.45. The van der Waals surface area contributed by atoms with Crippen molar-refractivity contribution < 1.29 is 28.6 Å². The highest BCUT2D eigenvalue weighted by Gasteiger charge is 2.19. The number of unbranched alkanes of at least 4 members (excludes halogenated alkanes) is 49. The van der Waals surface area contributed by atoms with Gasteiger partial charge in [-0.15, -0.1) is 0 Å². The van der Waals surface area contributed by atoms with Crippen molar-refractivity contribution >= 4 is 17.9 Å². The SMILES string of the molecule is CCCC/C=C\CCCCCCCC(=O)OCC(COC(=O)CCCCCCCCCCCCCCCCCCCCCCCCCCCCCCCCCCC)OC(=O)CCCCCCCCC/C=C\C/C=C\CCCCC. The van der Waals surface area contributed by atoms with Crippen molar-refractivity contribution in [2.24, 2.45) is 0 Å². The third-order valence-corrected chi connectivity index (χ3v) is 16.1. The highest BCUT2D eigenvalue weighted by Crippen LogP contribution is 2.19. The minimum atomic E-state index is -0.778. The second kappa shape index (κ2) is 68.1. The number of esters is 3. The molecular formula is C73H136O6. The van der Waals surface area contributed by atoms with Gasteiger partial charge in [0.1, 0.15) is 13.2 Å². The summed E-state index contributed by atoms with van der Waals surface area (Å²) in [4.78, 5) is 38.3. The van der Waals surface area contributed by atoms with Gasteiger partial charge in [-0.05, 0) is 70.6 Å². The van der Waals surface area contributed by atoms with Crippen molar-refractivity contribution in [2.45, 2.75) is 399 Å². The zero-order chi connectivity index (χ0) is 57.1. The molecule has 79 heavy (non-hydrogen) atoms. The molecule has 464 valence electrons. The standard InChI is InChI=1S/C73H136O6/c1-4-7-10-13-16-19-22-24-26-28-29-30-31-32-33-34-35-36-37-38-39-40-41-42-43-45-46-48-51-54-57-60-63-66-72(75)78-69-70(68-77-71(74)65-62-59-56-53-50-21-18-15-12-9-6-3)79-73(76)67-64-61-58-55-52-49-47-44-27-25-23-20-17-14-11-8-5-2/h15,17-18,20,25,27,70H,4-14,16,19,21-24,26,28-69H2,1-3H3/b18-15-,20-17-,27-25-. The van der Waals surface area contributed by atoms with Crippen molar-refractivity contribution in [2.75, 3.05) is 13.2 Å². The first-order valence-electron chi connectivity index (χ1n) is 35.5. The maximum Gasteiger partial charge on any atom is 0.306 e. The number of allylic oxidation sites excluding steroid dienone is 6. The van der Waals surface area contributed by atoms with Gasteiger partial charge in [0.2, 0.25) is 0 Å². The van der Waals surface area contributed by atoms with Crippen LogP contribution in [-0.2, 0) is 28.6 Å². The van der Waals surface area contributed by atoms with Gasteiger partial charge in [0.15, 0.2) is 6.10 Å². The molecule has 0 radical (unpaired) electrons. The highest BCUT2D eigenvalue weighted by atomic mass is 16.6. The predicted molar refractivity (Wildman–Crippen MR) is 344 cm³/mol. The third kappa shape index (κ3) is 66.3. The summed E-state index contributed by atoms with van der Waals surface area (Å²) in [7, 11) is 0. The summed E-state index contributed by atoms with van der Waals surface area (Å²) in [6.07, 6.45) is 84.9. The van der Waals surface area contributed by atoms with Crippen LogP contribution in [0.5, 0.6) is 0 Å². The predicted octanol–water partition coefficient (Wildman–Crippen LogP) is 24.3. The van der Waals surface area contributed by atoms with Crippen LogP contribution in [0.25, 0.3) is 0 Å². The molecular weight excluding hydrogens is 973 g/mol. The van der Waals surface area contributed by atoms with E-state index >= 15 is 0 Å². The first-order valence-corrected chi connectivity index (χ1v) is 35.5. The first-order chi connectivity index (χ1) is 39.0. The van der Waals surface area contributed by atoms with Gasteiger partial charge in [0.25, 0.3) is 0 Å². The molecule has 1 atom stereocenters. The molecule has 1 unspecified atom stereocenters. The molecule has 0 N–H and O–H groups in total. The molecule has 0 aromatic heterocycles. The highest BCUT2D eigenvalue weighted by molar-refractivity contribution is 5.71. The van der Waals surface area contributed by atoms with Gasteiger partial charge >= 0.3 is 17.9 Å². The van der Waals surface area contributed by atoms with E-state index in [1.54, 1.807) is 0 Å². The molecule has 0 aromatic rings. The number of ether oxygens (including phenoxy) is 3. The van der Waals surface area contributed by atoms with Gasteiger partial charge in [0, 0.05) is 19.3 Å². The Hall–Kier alpha value is -2.37. The molecule has 0 saturated heterocycles. The number of carbonyl (C=O) groups excluding carboxylic acids is 3. The molecule has 6 heteroatoms. The van der Waals surface area contributed by atoms with Crippen LogP contribution in [0.3, 0.4) is 0 Å². The molecule has 0 aliphatic heterocycles. The number of hydrogen-bond acceptors (Lipinski definition) is 6. The molecule has 0 aliphatic rings. The van der Waals surface area contributed by atoms with Crippen LogP contribution in [-0.4, -0.2) is 37.2 Å². The van der Waals surface area contributed by atoms with E-state index in [4.69, 9.17) is 14.2 Å². The summed E-state index contributed by atoms with van der Waals surface area (Å²) in [5, 5.41) is 0. The van der Waals surface area contributed by atoms with Gasteiger partial charge < -0.3 is 14.2 Å². The fourth-order valence-electron chi connectivity index (χ4n) is 10.8. The van der Waals surface area contributed by atoms with E-state index < -0.39 is 6.10 Å². The topological polar surface area (TPSA) is 78.9 Å². The zero-order valence-electron chi connectivity index (χ0n) is 53.4. The summed E-state index contributed by atoms with van der Waals surface area (Å²) in [6.45, 7) is 6.63. The molecule has 0 amide bonds. The molecule has 0 spiro atoms. The van der Waals surface area contributed by atoms with E-state index in [-0.39, 0.29) is 31.1 Å². The molecule has 0 fully saturated rings. The van der Waals surface area contributed by atoms with Gasteiger partial charge in [0.05, 0.1) is 0 Å². The molecule has 0 bridgehead atoms. The molecule has 0 saturated carbocycles. The van der Waals surface area contributed by atoms with E-state index in [1.165, 1.54) is 276 Å². The lowest BCUT2D eigenvalue weighted by Crippen LogP contribution is -2.30. The van der Waals surface area contributed by atoms with Gasteiger partial charge in [-0.3, -0.25) is 14.4 Å². The Kier molecular flexibility index (Phi) is 66.1. The van der Waals surface area contributed by atoms with Gasteiger partial charge in [-0.2, -0.15) is 0 Å². The van der Waals surface area contributed by atoms with Gasteiger partial charge in [-0.25, -0.2) is 0 Å². The normalized spacial score (nSPS) is 12.2. The van der Waals surface area contributed by atoms with Crippen molar-refractivity contribution in [3.8, 4) is 0 Å². The van der Waals surface area contributed by atoms with Crippen LogP contribution in [0, 0.1) is 0 Å². The number of hydrogen-bond donors (Lipinski definition) is 0. The lowest BCUT2D eigenvalue weighted by atomic mass is 10.0. The Morgan fingerprint density at radius 3 is 0.772 bits per heavy atom.